The van der Waals surface area contributed by atoms with E-state index in [2.05, 4.69) is 4.98 Å². The first kappa shape index (κ1) is 9.00. The molecule has 0 radical (unpaired) electrons. The summed E-state index contributed by atoms with van der Waals surface area (Å²) in [5.41, 5.74) is 1.34. The van der Waals surface area contributed by atoms with Gasteiger partial charge in [-0.15, -0.1) is 0 Å². The summed E-state index contributed by atoms with van der Waals surface area (Å²) in [6, 6.07) is 3.42. The fraction of sp³-hybridized carbons (Fsp3) is 0.250. The first-order chi connectivity index (χ1) is 5.59. The molecule has 1 heterocycles. The van der Waals surface area contributed by atoms with Crippen molar-refractivity contribution in [1.29, 1.82) is 0 Å². The van der Waals surface area contributed by atoms with Gasteiger partial charge in [0.2, 0.25) is 0 Å². The van der Waals surface area contributed by atoms with E-state index in [-0.39, 0.29) is 11.6 Å². The number of aromatic nitrogens is 1. The Morgan fingerprint density at radius 2 is 2.33 bits per heavy atom. The molecule has 0 fully saturated rings. The van der Waals surface area contributed by atoms with Crippen LogP contribution >= 0.6 is 11.6 Å². The van der Waals surface area contributed by atoms with Crippen LogP contribution < -0.4 is 0 Å². The van der Waals surface area contributed by atoms with Crippen molar-refractivity contribution in [3.63, 3.8) is 0 Å². The van der Waals surface area contributed by atoms with Crippen molar-refractivity contribution in [2.24, 2.45) is 0 Å². The molecule has 3 nitrogen and oxygen atoms in total. The average Bonchev–Trinajstić information content (AvgIpc) is 1.94. The average molecular weight is 186 g/mol. The third-order valence-electron chi connectivity index (χ3n) is 1.41. The molecule has 0 aromatic carbocycles. The number of aryl methyl sites for hydroxylation is 1. The van der Waals surface area contributed by atoms with Gasteiger partial charge in [-0.05, 0) is 13.0 Å². The minimum absolute atomic E-state index is 0.0773. The largest absolute Gasteiger partial charge is 0.481 e. The van der Waals surface area contributed by atoms with Crippen molar-refractivity contribution < 1.29 is 9.90 Å². The Kier molecular flexibility index (Phi) is 2.65. The monoisotopic (exact) mass is 185 g/mol. The number of carboxylic acid groups (broad SMARTS) is 1. The van der Waals surface area contributed by atoms with Crippen LogP contribution in [-0.2, 0) is 11.2 Å². The highest BCUT2D eigenvalue weighted by Crippen LogP contribution is 2.13. The molecule has 1 rings (SSSR count). The summed E-state index contributed by atoms with van der Waals surface area (Å²) in [5, 5.41) is 8.75. The summed E-state index contributed by atoms with van der Waals surface area (Å²) in [6.45, 7) is 1.80. The molecule has 4 heteroatoms. The molecule has 0 atom stereocenters. The zero-order valence-corrected chi connectivity index (χ0v) is 7.30. The maximum absolute atomic E-state index is 10.3. The number of hydrogen-bond donors (Lipinski definition) is 1. The number of carboxylic acids is 1. The number of aliphatic carboxylic acids is 1. The van der Waals surface area contributed by atoms with Gasteiger partial charge in [-0.3, -0.25) is 4.79 Å². The molecule has 64 valence electrons. The van der Waals surface area contributed by atoms with E-state index in [1.54, 1.807) is 19.1 Å². The summed E-state index contributed by atoms with van der Waals surface area (Å²) in [4.78, 5) is 14.2. The molecule has 0 aliphatic heterocycles. The molecule has 1 aromatic rings. The first-order valence-corrected chi connectivity index (χ1v) is 3.81. The van der Waals surface area contributed by atoms with Gasteiger partial charge in [-0.25, -0.2) is 4.98 Å². The minimum atomic E-state index is -0.900. The van der Waals surface area contributed by atoms with Crippen LogP contribution in [0.15, 0.2) is 12.1 Å². The van der Waals surface area contributed by atoms with Crippen LogP contribution in [0.3, 0.4) is 0 Å². The second kappa shape index (κ2) is 3.54. The lowest BCUT2D eigenvalue weighted by molar-refractivity contribution is -0.136. The summed E-state index contributed by atoms with van der Waals surface area (Å²) < 4.78 is 0. The topological polar surface area (TPSA) is 50.2 Å². The van der Waals surface area contributed by atoms with Crippen molar-refractivity contribution >= 4 is 17.6 Å². The number of halogens is 1. The van der Waals surface area contributed by atoms with E-state index < -0.39 is 5.97 Å². The van der Waals surface area contributed by atoms with E-state index in [0.29, 0.717) is 5.56 Å². The molecule has 12 heavy (non-hydrogen) atoms. The number of carbonyl (C=O) groups is 1. The van der Waals surface area contributed by atoms with Crippen LogP contribution in [0, 0.1) is 6.92 Å². The molecular formula is C8H8ClNO2. The van der Waals surface area contributed by atoms with Crippen LogP contribution in [0.1, 0.15) is 11.3 Å². The third-order valence-corrected chi connectivity index (χ3v) is 1.73. The Morgan fingerprint density at radius 3 is 2.83 bits per heavy atom. The van der Waals surface area contributed by atoms with Crippen LogP contribution in [0.5, 0.6) is 0 Å². The Labute approximate surface area is 75.0 Å². The second-order valence-corrected chi connectivity index (χ2v) is 2.83. The fourth-order valence-electron chi connectivity index (χ4n) is 0.849. The summed E-state index contributed by atoms with van der Waals surface area (Å²) in [6.07, 6.45) is -0.0773. The molecule has 0 unspecified atom stereocenters. The van der Waals surface area contributed by atoms with Gasteiger partial charge >= 0.3 is 5.97 Å². The van der Waals surface area contributed by atoms with Crippen molar-refractivity contribution in [3.8, 4) is 0 Å². The van der Waals surface area contributed by atoms with E-state index >= 15 is 0 Å². The van der Waals surface area contributed by atoms with Gasteiger partial charge < -0.3 is 5.11 Å². The van der Waals surface area contributed by atoms with Crippen molar-refractivity contribution in [3.05, 3.63) is 28.5 Å². The van der Waals surface area contributed by atoms with E-state index in [1.807, 2.05) is 0 Å². The van der Waals surface area contributed by atoms with Crippen molar-refractivity contribution in [1.82, 2.24) is 4.98 Å². The zero-order valence-electron chi connectivity index (χ0n) is 6.54. The Balaban J connectivity index is 2.93. The van der Waals surface area contributed by atoms with Gasteiger partial charge in [0.1, 0.15) is 5.15 Å². The highest BCUT2D eigenvalue weighted by molar-refractivity contribution is 6.30. The second-order valence-electron chi connectivity index (χ2n) is 2.47. The Morgan fingerprint density at radius 1 is 1.67 bits per heavy atom. The SMILES string of the molecule is Cc1ccc(CC(=O)O)c(Cl)n1. The van der Waals surface area contributed by atoms with E-state index in [9.17, 15) is 4.79 Å². The van der Waals surface area contributed by atoms with Crippen LogP contribution in [0.25, 0.3) is 0 Å². The van der Waals surface area contributed by atoms with Gasteiger partial charge in [0, 0.05) is 11.3 Å². The standard InChI is InChI=1S/C8H8ClNO2/c1-5-2-3-6(4-7(11)12)8(9)10-5/h2-3H,4H2,1H3,(H,11,12). The Hall–Kier alpha value is -1.09. The maximum Gasteiger partial charge on any atom is 0.307 e. The van der Waals surface area contributed by atoms with Gasteiger partial charge in [0.25, 0.3) is 0 Å². The van der Waals surface area contributed by atoms with Crippen molar-refractivity contribution in [2.45, 2.75) is 13.3 Å². The molecule has 0 saturated heterocycles. The highest BCUT2D eigenvalue weighted by Gasteiger charge is 2.05. The third kappa shape index (κ3) is 2.20. The van der Waals surface area contributed by atoms with Gasteiger partial charge in [-0.2, -0.15) is 0 Å². The molecule has 0 amide bonds. The number of rotatable bonds is 2. The van der Waals surface area contributed by atoms with Crippen LogP contribution in [0.2, 0.25) is 5.15 Å². The molecule has 0 aliphatic carbocycles. The number of pyridine rings is 1. The van der Waals surface area contributed by atoms with Gasteiger partial charge in [0.15, 0.2) is 0 Å². The lowest BCUT2D eigenvalue weighted by Gasteiger charge is -2.00. The van der Waals surface area contributed by atoms with E-state index in [0.717, 1.165) is 5.69 Å². The maximum atomic E-state index is 10.3. The quantitative estimate of drug-likeness (QED) is 0.714. The molecule has 0 saturated carbocycles. The lowest BCUT2D eigenvalue weighted by Crippen LogP contribution is -2.01. The highest BCUT2D eigenvalue weighted by atomic mass is 35.5. The first-order valence-electron chi connectivity index (χ1n) is 3.43. The predicted molar refractivity (Wildman–Crippen MR) is 45.3 cm³/mol. The summed E-state index contributed by atoms with van der Waals surface area (Å²) in [5.74, 6) is -0.900. The van der Waals surface area contributed by atoms with Gasteiger partial charge in [-0.1, -0.05) is 17.7 Å². The van der Waals surface area contributed by atoms with E-state index in [4.69, 9.17) is 16.7 Å². The smallest absolute Gasteiger partial charge is 0.307 e. The van der Waals surface area contributed by atoms with Gasteiger partial charge in [0.05, 0.1) is 6.42 Å². The zero-order chi connectivity index (χ0) is 9.14. The molecule has 0 bridgehead atoms. The fourth-order valence-corrected chi connectivity index (χ4v) is 1.11. The number of hydrogen-bond acceptors (Lipinski definition) is 2. The summed E-state index contributed by atoms with van der Waals surface area (Å²) >= 11 is 5.70. The van der Waals surface area contributed by atoms with Crippen molar-refractivity contribution in [2.75, 3.05) is 0 Å². The Bertz CT molecular complexity index is 312. The lowest BCUT2D eigenvalue weighted by atomic mass is 10.2. The van der Waals surface area contributed by atoms with Crippen LogP contribution in [-0.4, -0.2) is 16.1 Å². The molecule has 1 N–H and O–H groups in total. The molecule has 0 aliphatic rings. The van der Waals surface area contributed by atoms with E-state index in [1.165, 1.54) is 0 Å². The normalized spacial score (nSPS) is 9.83. The molecule has 0 spiro atoms. The van der Waals surface area contributed by atoms with Crippen LogP contribution in [0.4, 0.5) is 0 Å². The molecule has 1 aromatic heterocycles. The predicted octanol–water partition coefficient (Wildman–Crippen LogP) is 1.67. The minimum Gasteiger partial charge on any atom is -0.481 e. The molecular weight excluding hydrogens is 178 g/mol. The number of nitrogens with zero attached hydrogens (tertiary/aromatic N) is 1. The summed E-state index contributed by atoms with van der Waals surface area (Å²) in [7, 11) is 0.